The summed E-state index contributed by atoms with van der Waals surface area (Å²) in [6.07, 6.45) is 6.99. The first-order chi connectivity index (χ1) is 11.2. The molecule has 2 heterocycles. The van der Waals surface area contributed by atoms with Gasteiger partial charge in [0.1, 0.15) is 13.2 Å². The Morgan fingerprint density at radius 3 is 2.61 bits per heavy atom. The van der Waals surface area contributed by atoms with Crippen LogP contribution < -0.4 is 14.8 Å². The molecule has 23 heavy (non-hydrogen) atoms. The van der Waals surface area contributed by atoms with E-state index in [0.717, 1.165) is 30.4 Å². The van der Waals surface area contributed by atoms with E-state index in [0.29, 0.717) is 36.9 Å². The molecular formula is C17H19BrN2O3. The molecule has 6 heteroatoms. The summed E-state index contributed by atoms with van der Waals surface area (Å²) in [4.78, 5) is 14.7. The van der Waals surface area contributed by atoms with E-state index in [2.05, 4.69) is 32.1 Å². The lowest BCUT2D eigenvalue weighted by atomic mass is 9.96. The lowest BCUT2D eigenvalue weighted by Gasteiger charge is -2.30. The second-order valence-corrected chi connectivity index (χ2v) is 6.57. The van der Waals surface area contributed by atoms with Crippen LogP contribution in [0.25, 0.3) is 0 Å². The number of carbonyl (C=O) groups is 1. The summed E-state index contributed by atoms with van der Waals surface area (Å²) in [5, 5.41) is 3.00. The number of halogens is 1. The molecule has 1 aromatic rings. The van der Waals surface area contributed by atoms with Crippen LogP contribution in [0.3, 0.4) is 0 Å². The molecule has 0 aliphatic carbocycles. The molecule has 1 aromatic carbocycles. The first-order valence-electron chi connectivity index (χ1n) is 7.73. The molecule has 0 unspecified atom stereocenters. The number of hydrogen-bond acceptors (Lipinski definition) is 4. The zero-order chi connectivity index (χ0) is 16.2. The molecule has 1 saturated heterocycles. The van der Waals surface area contributed by atoms with Crippen LogP contribution in [0.4, 0.5) is 5.69 Å². The smallest absolute Gasteiger partial charge is 0.227 e. The summed E-state index contributed by atoms with van der Waals surface area (Å²) in [7, 11) is 0. The maximum absolute atomic E-state index is 12.5. The number of likely N-dealkylation sites (tertiary alicyclic amines) is 1. The molecule has 1 N–H and O–H groups in total. The van der Waals surface area contributed by atoms with Crippen molar-refractivity contribution >= 4 is 27.5 Å². The Kier molecular flexibility index (Phi) is 5.09. The van der Waals surface area contributed by atoms with E-state index in [1.54, 1.807) is 0 Å². The molecule has 122 valence electrons. The summed E-state index contributed by atoms with van der Waals surface area (Å²) < 4.78 is 11.9. The number of nitrogens with zero attached hydrogens (tertiary/aromatic N) is 1. The van der Waals surface area contributed by atoms with Crippen molar-refractivity contribution in [1.29, 1.82) is 0 Å². The molecule has 0 spiro atoms. The van der Waals surface area contributed by atoms with Crippen molar-refractivity contribution in [2.45, 2.75) is 12.8 Å². The number of carbonyl (C=O) groups excluding carboxylic acids is 1. The Labute approximate surface area is 144 Å². The number of rotatable bonds is 3. The van der Waals surface area contributed by atoms with Crippen LogP contribution in [0.2, 0.25) is 0 Å². The molecule has 1 fully saturated rings. The number of nitrogens with one attached hydrogen (secondary N) is 1. The van der Waals surface area contributed by atoms with Gasteiger partial charge in [-0.25, -0.2) is 0 Å². The Balaban J connectivity index is 1.63. The van der Waals surface area contributed by atoms with Crippen LogP contribution in [0.1, 0.15) is 12.8 Å². The van der Waals surface area contributed by atoms with Crippen molar-refractivity contribution in [2.75, 3.05) is 38.2 Å². The minimum atomic E-state index is 0.0177. The highest BCUT2D eigenvalue weighted by Gasteiger charge is 2.25. The molecule has 2 aliphatic rings. The van der Waals surface area contributed by atoms with E-state index >= 15 is 0 Å². The van der Waals surface area contributed by atoms with Gasteiger partial charge in [0.15, 0.2) is 11.5 Å². The maximum Gasteiger partial charge on any atom is 0.227 e. The highest BCUT2D eigenvalue weighted by atomic mass is 79.9. The third-order valence-electron chi connectivity index (χ3n) is 4.16. The second-order valence-electron chi connectivity index (χ2n) is 5.72. The van der Waals surface area contributed by atoms with Crippen molar-refractivity contribution in [2.24, 2.45) is 5.92 Å². The number of amides is 1. The summed E-state index contributed by atoms with van der Waals surface area (Å²) in [5.74, 6) is 4.08. The van der Waals surface area contributed by atoms with Gasteiger partial charge >= 0.3 is 0 Å². The molecule has 0 atom stereocenters. The fraction of sp³-hybridized carbons (Fsp3) is 0.471. The molecule has 0 bridgehead atoms. The van der Waals surface area contributed by atoms with Gasteiger partial charge in [-0.3, -0.25) is 9.69 Å². The maximum atomic E-state index is 12.5. The zero-order valence-electron chi connectivity index (χ0n) is 12.8. The van der Waals surface area contributed by atoms with Crippen LogP contribution in [0.15, 0.2) is 16.6 Å². The number of terminal acetylenes is 1. The Bertz CT molecular complexity index is 633. The van der Waals surface area contributed by atoms with Gasteiger partial charge in [0.2, 0.25) is 5.91 Å². The van der Waals surface area contributed by atoms with Gasteiger partial charge in [0, 0.05) is 22.5 Å². The SMILES string of the molecule is C#CCN1CCC(C(=O)Nc2cc3c(cc2Br)OCCO3)CC1. The highest BCUT2D eigenvalue weighted by molar-refractivity contribution is 9.10. The van der Waals surface area contributed by atoms with Crippen LogP contribution >= 0.6 is 15.9 Å². The number of hydrogen-bond donors (Lipinski definition) is 1. The first kappa shape index (κ1) is 16.2. The van der Waals surface area contributed by atoms with Crippen molar-refractivity contribution in [3.8, 4) is 23.8 Å². The molecule has 0 aromatic heterocycles. The fourth-order valence-electron chi connectivity index (χ4n) is 2.88. The quantitative estimate of drug-likeness (QED) is 0.821. The number of benzene rings is 1. The van der Waals surface area contributed by atoms with E-state index in [1.807, 2.05) is 12.1 Å². The Hall–Kier alpha value is -1.71. The third kappa shape index (κ3) is 3.80. The fourth-order valence-corrected chi connectivity index (χ4v) is 3.30. The largest absolute Gasteiger partial charge is 0.486 e. The molecule has 2 aliphatic heterocycles. The van der Waals surface area contributed by atoms with Crippen molar-refractivity contribution < 1.29 is 14.3 Å². The normalized spacial score (nSPS) is 18.3. The van der Waals surface area contributed by atoms with E-state index in [1.165, 1.54) is 0 Å². The monoisotopic (exact) mass is 378 g/mol. The lowest BCUT2D eigenvalue weighted by Crippen LogP contribution is -2.38. The van der Waals surface area contributed by atoms with Gasteiger partial charge in [-0.15, -0.1) is 6.42 Å². The van der Waals surface area contributed by atoms with Crippen molar-refractivity contribution in [1.82, 2.24) is 4.90 Å². The predicted molar refractivity (Wildman–Crippen MR) is 91.8 cm³/mol. The van der Waals surface area contributed by atoms with Crippen LogP contribution in [0.5, 0.6) is 11.5 Å². The summed E-state index contributed by atoms with van der Waals surface area (Å²) in [5.41, 5.74) is 0.713. The topological polar surface area (TPSA) is 50.8 Å². The molecule has 0 radical (unpaired) electrons. The molecule has 1 amide bonds. The number of ether oxygens (including phenoxy) is 2. The number of anilines is 1. The van der Waals surface area contributed by atoms with E-state index in [9.17, 15) is 4.79 Å². The highest BCUT2D eigenvalue weighted by Crippen LogP contribution is 2.38. The van der Waals surface area contributed by atoms with E-state index < -0.39 is 0 Å². The Morgan fingerprint density at radius 2 is 1.96 bits per heavy atom. The van der Waals surface area contributed by atoms with Gasteiger partial charge in [0.05, 0.1) is 12.2 Å². The number of piperidine rings is 1. The predicted octanol–water partition coefficient (Wildman–Crippen LogP) is 2.50. The molecule has 5 nitrogen and oxygen atoms in total. The van der Waals surface area contributed by atoms with E-state index in [4.69, 9.17) is 15.9 Å². The van der Waals surface area contributed by atoms with Gasteiger partial charge in [-0.1, -0.05) is 5.92 Å². The van der Waals surface area contributed by atoms with Crippen LogP contribution in [-0.4, -0.2) is 43.7 Å². The summed E-state index contributed by atoms with van der Waals surface area (Å²) >= 11 is 3.48. The summed E-state index contributed by atoms with van der Waals surface area (Å²) in [6, 6.07) is 3.64. The molecular weight excluding hydrogens is 360 g/mol. The second kappa shape index (κ2) is 7.24. The van der Waals surface area contributed by atoms with Gasteiger partial charge in [-0.2, -0.15) is 0 Å². The van der Waals surface area contributed by atoms with Crippen LogP contribution in [0, 0.1) is 18.3 Å². The molecule has 3 rings (SSSR count). The summed E-state index contributed by atoms with van der Waals surface area (Å²) in [6.45, 7) is 3.45. The van der Waals surface area contributed by atoms with E-state index in [-0.39, 0.29) is 11.8 Å². The van der Waals surface area contributed by atoms with Crippen LogP contribution in [-0.2, 0) is 4.79 Å². The minimum Gasteiger partial charge on any atom is -0.486 e. The average molecular weight is 379 g/mol. The Morgan fingerprint density at radius 1 is 1.30 bits per heavy atom. The molecule has 0 saturated carbocycles. The number of fused-ring (bicyclic) bond motifs is 1. The first-order valence-corrected chi connectivity index (χ1v) is 8.52. The lowest BCUT2D eigenvalue weighted by molar-refractivity contribution is -0.121. The minimum absolute atomic E-state index is 0.0177. The van der Waals surface area contributed by atoms with Gasteiger partial charge < -0.3 is 14.8 Å². The average Bonchev–Trinajstić information content (AvgIpc) is 2.56. The third-order valence-corrected chi connectivity index (χ3v) is 4.82. The zero-order valence-corrected chi connectivity index (χ0v) is 14.4. The van der Waals surface area contributed by atoms with Crippen molar-refractivity contribution in [3.05, 3.63) is 16.6 Å². The van der Waals surface area contributed by atoms with Crippen molar-refractivity contribution in [3.63, 3.8) is 0 Å². The van der Waals surface area contributed by atoms with Gasteiger partial charge in [0.25, 0.3) is 0 Å². The van der Waals surface area contributed by atoms with Gasteiger partial charge in [-0.05, 0) is 41.9 Å². The standard InChI is InChI=1S/C17H19BrN2O3/c1-2-5-20-6-3-12(4-7-20)17(21)19-14-11-16-15(10-13(14)18)22-8-9-23-16/h1,10-12H,3-9H2,(H,19,21).